The topological polar surface area (TPSA) is 145 Å². The molecule has 0 unspecified atom stereocenters. The molecule has 0 saturated heterocycles. The van der Waals surface area contributed by atoms with Crippen LogP contribution in [-0.2, 0) is 22.6 Å². The van der Waals surface area contributed by atoms with Crippen LogP contribution in [0.15, 0.2) is 41.2 Å². The highest BCUT2D eigenvalue weighted by Gasteiger charge is 2.17. The number of aromatic nitrogens is 2. The van der Waals surface area contributed by atoms with Crippen LogP contribution < -0.4 is 20.9 Å². The number of rotatable bonds is 6. The van der Waals surface area contributed by atoms with Crippen molar-refractivity contribution in [3.05, 3.63) is 62.7 Å². The maximum Gasteiger partial charge on any atom is 0.271 e. The van der Waals surface area contributed by atoms with Gasteiger partial charge >= 0.3 is 0 Å². The van der Waals surface area contributed by atoms with E-state index >= 15 is 0 Å². The molecular weight excluding hydrogens is 442 g/mol. The fourth-order valence-electron chi connectivity index (χ4n) is 3.95. The largest absolute Gasteiger partial charge is 0.495 e. The number of anilines is 2. The van der Waals surface area contributed by atoms with Crippen LogP contribution in [0.25, 0.3) is 10.9 Å². The van der Waals surface area contributed by atoms with E-state index in [1.807, 2.05) is 0 Å². The average Bonchev–Trinajstić information content (AvgIpc) is 3.05. The van der Waals surface area contributed by atoms with Crippen molar-refractivity contribution >= 4 is 39.8 Å². The Bertz CT molecular complexity index is 1350. The van der Waals surface area contributed by atoms with Gasteiger partial charge in [0.05, 0.1) is 28.6 Å². The summed E-state index contributed by atoms with van der Waals surface area (Å²) in [6.45, 7) is 0.620. The zero-order chi connectivity index (χ0) is 24.2. The number of nitrogens with zero attached hydrogens (tertiary/aromatic N) is 3. The van der Waals surface area contributed by atoms with Gasteiger partial charge in [-0.3, -0.25) is 29.1 Å². The molecule has 2 heterocycles. The molecular formula is C23H23N5O6. The number of carbonyl (C=O) groups excluding carboxylic acids is 2. The number of hydrogen-bond donors (Lipinski definition) is 2. The molecule has 3 aromatic rings. The first-order valence-corrected chi connectivity index (χ1v) is 10.8. The van der Waals surface area contributed by atoms with Crippen molar-refractivity contribution in [2.24, 2.45) is 0 Å². The van der Waals surface area contributed by atoms with E-state index < -0.39 is 23.2 Å². The molecule has 0 saturated carbocycles. The molecule has 4 rings (SSSR count). The maximum atomic E-state index is 13.0. The lowest BCUT2D eigenvalue weighted by Crippen LogP contribution is -2.25. The van der Waals surface area contributed by atoms with Gasteiger partial charge in [-0.25, -0.2) is 4.98 Å². The van der Waals surface area contributed by atoms with Gasteiger partial charge < -0.3 is 15.4 Å². The van der Waals surface area contributed by atoms with Crippen LogP contribution >= 0.6 is 0 Å². The Hall–Kier alpha value is -4.28. The molecule has 0 bridgehead atoms. The van der Waals surface area contributed by atoms with Gasteiger partial charge in [-0.1, -0.05) is 6.42 Å². The molecule has 1 aliphatic heterocycles. The number of benzene rings is 2. The summed E-state index contributed by atoms with van der Waals surface area (Å²) in [4.78, 5) is 52.8. The highest BCUT2D eigenvalue weighted by molar-refractivity contribution is 6.08. The van der Waals surface area contributed by atoms with Crippen molar-refractivity contribution in [2.75, 3.05) is 17.7 Å². The van der Waals surface area contributed by atoms with Crippen molar-refractivity contribution in [3.63, 3.8) is 0 Å². The summed E-state index contributed by atoms with van der Waals surface area (Å²) >= 11 is 0. The number of fused-ring (bicyclic) bond motifs is 2. The monoisotopic (exact) mass is 465 g/mol. The normalized spacial score (nSPS) is 13.0. The first-order valence-electron chi connectivity index (χ1n) is 10.8. The number of aryl methyl sites for hydroxylation is 1. The zero-order valence-corrected chi connectivity index (χ0v) is 18.5. The van der Waals surface area contributed by atoms with E-state index in [1.54, 1.807) is 22.8 Å². The van der Waals surface area contributed by atoms with Crippen molar-refractivity contribution < 1.29 is 19.2 Å². The van der Waals surface area contributed by atoms with Gasteiger partial charge in [0.1, 0.15) is 18.0 Å². The number of nitrogens with one attached hydrogen (secondary N) is 2. The minimum Gasteiger partial charge on any atom is -0.495 e. The van der Waals surface area contributed by atoms with Gasteiger partial charge in [0.2, 0.25) is 11.8 Å². The number of nitro groups is 1. The highest BCUT2D eigenvalue weighted by atomic mass is 16.6. The zero-order valence-electron chi connectivity index (χ0n) is 18.5. The molecule has 11 nitrogen and oxygen atoms in total. The summed E-state index contributed by atoms with van der Waals surface area (Å²) in [5.74, 6) is -0.283. The second-order valence-electron chi connectivity index (χ2n) is 7.94. The maximum absolute atomic E-state index is 13.0. The summed E-state index contributed by atoms with van der Waals surface area (Å²) in [5, 5.41) is 16.5. The molecule has 0 aliphatic carbocycles. The number of amides is 2. The second kappa shape index (κ2) is 9.69. The Kier molecular flexibility index (Phi) is 6.53. The summed E-state index contributed by atoms with van der Waals surface area (Å²) in [5.41, 5.74) is 0.640. The van der Waals surface area contributed by atoms with Crippen LogP contribution in [0.5, 0.6) is 5.75 Å². The fraction of sp³-hybridized carbons (Fsp3) is 0.304. The van der Waals surface area contributed by atoms with Gasteiger partial charge in [-0.2, -0.15) is 0 Å². The van der Waals surface area contributed by atoms with Gasteiger partial charge in [0.25, 0.3) is 11.2 Å². The van der Waals surface area contributed by atoms with Crippen molar-refractivity contribution in [2.45, 2.75) is 38.6 Å². The second-order valence-corrected chi connectivity index (χ2v) is 7.94. The molecule has 34 heavy (non-hydrogen) atoms. The lowest BCUT2D eigenvalue weighted by molar-refractivity contribution is -0.384. The number of nitro benzene ring substituents is 1. The first kappa shape index (κ1) is 22.9. The number of methoxy groups -OCH3 is 1. The summed E-state index contributed by atoms with van der Waals surface area (Å²) in [7, 11) is 1.36. The third-order valence-electron chi connectivity index (χ3n) is 5.59. The van der Waals surface area contributed by atoms with E-state index in [0.29, 0.717) is 23.1 Å². The molecule has 0 radical (unpaired) electrons. The summed E-state index contributed by atoms with van der Waals surface area (Å²) in [6, 6.07) is 8.62. The van der Waals surface area contributed by atoms with E-state index in [4.69, 9.17) is 4.74 Å². The first-order chi connectivity index (χ1) is 16.4. The van der Waals surface area contributed by atoms with Crippen molar-refractivity contribution in [3.8, 4) is 5.75 Å². The van der Waals surface area contributed by atoms with Gasteiger partial charge in [-0.15, -0.1) is 0 Å². The molecule has 0 fully saturated rings. The van der Waals surface area contributed by atoms with E-state index in [0.717, 1.165) is 37.6 Å². The van der Waals surface area contributed by atoms with Crippen LogP contribution in [0.4, 0.5) is 17.1 Å². The molecule has 2 aromatic carbocycles. The standard InChI is InChI=1S/C23H23N5O6/c1-34-19-9-7-15(28(32)33)12-18(19)26-22(30)13-21(29)24-14-6-8-17-16(11-14)23(31)27-10-4-2-3-5-20(27)25-17/h6-9,11-12H,2-5,10,13H2,1H3,(H,24,29)(H,26,30). The minimum absolute atomic E-state index is 0.0833. The van der Waals surface area contributed by atoms with Gasteiger partial charge in [0.15, 0.2) is 0 Å². The Balaban J connectivity index is 1.48. The lowest BCUT2D eigenvalue weighted by atomic mass is 10.2. The molecule has 11 heteroatoms. The number of non-ortho nitro benzene ring substituents is 1. The third kappa shape index (κ3) is 4.87. The SMILES string of the molecule is COc1ccc([N+](=O)[O-])cc1NC(=O)CC(=O)Nc1ccc2nc3n(c(=O)c2c1)CCCCC3. The quantitative estimate of drug-likeness (QED) is 0.323. The van der Waals surface area contributed by atoms with Crippen molar-refractivity contribution in [1.82, 2.24) is 9.55 Å². The lowest BCUT2D eigenvalue weighted by Gasteiger charge is -2.12. The predicted octanol–water partition coefficient (Wildman–Crippen LogP) is 3.01. The molecule has 2 amide bonds. The van der Waals surface area contributed by atoms with Crippen LogP contribution in [0.1, 0.15) is 31.5 Å². The number of carbonyl (C=O) groups is 2. The molecule has 176 valence electrons. The Labute approximate surface area is 193 Å². The van der Waals surface area contributed by atoms with E-state index in [2.05, 4.69) is 15.6 Å². The molecule has 0 atom stereocenters. The van der Waals surface area contributed by atoms with E-state index in [-0.39, 0.29) is 22.7 Å². The Morgan fingerprint density at radius 3 is 2.68 bits per heavy atom. The molecule has 2 N–H and O–H groups in total. The third-order valence-corrected chi connectivity index (χ3v) is 5.59. The highest BCUT2D eigenvalue weighted by Crippen LogP contribution is 2.29. The van der Waals surface area contributed by atoms with Crippen LogP contribution in [0, 0.1) is 10.1 Å². The number of hydrogen-bond acceptors (Lipinski definition) is 7. The van der Waals surface area contributed by atoms with Crippen LogP contribution in [-0.4, -0.2) is 33.4 Å². The van der Waals surface area contributed by atoms with Crippen molar-refractivity contribution in [1.29, 1.82) is 0 Å². The summed E-state index contributed by atoms with van der Waals surface area (Å²) < 4.78 is 6.80. The van der Waals surface area contributed by atoms with E-state index in [9.17, 15) is 24.5 Å². The van der Waals surface area contributed by atoms with Crippen LogP contribution in [0.2, 0.25) is 0 Å². The summed E-state index contributed by atoms with van der Waals surface area (Å²) in [6.07, 6.45) is 3.18. The number of ether oxygens (including phenoxy) is 1. The predicted molar refractivity (Wildman–Crippen MR) is 125 cm³/mol. The fourth-order valence-corrected chi connectivity index (χ4v) is 3.95. The molecule has 1 aliphatic rings. The molecule has 0 spiro atoms. The van der Waals surface area contributed by atoms with Gasteiger partial charge in [-0.05, 0) is 37.1 Å². The Morgan fingerprint density at radius 2 is 1.91 bits per heavy atom. The smallest absolute Gasteiger partial charge is 0.271 e. The van der Waals surface area contributed by atoms with Gasteiger partial charge in [0, 0.05) is 30.8 Å². The van der Waals surface area contributed by atoms with E-state index in [1.165, 1.54) is 19.2 Å². The minimum atomic E-state index is -0.677. The average molecular weight is 465 g/mol. The van der Waals surface area contributed by atoms with Crippen LogP contribution in [0.3, 0.4) is 0 Å². The molecule has 1 aromatic heterocycles. The Morgan fingerprint density at radius 1 is 1.12 bits per heavy atom.